The number of benzene rings is 1. The van der Waals surface area contributed by atoms with E-state index >= 15 is 0 Å². The van der Waals surface area contributed by atoms with Crippen LogP contribution < -0.4 is 5.32 Å². The number of hydrogen-bond donors (Lipinski definition) is 2. The van der Waals surface area contributed by atoms with Crippen molar-refractivity contribution in [3.63, 3.8) is 0 Å². The maximum atomic E-state index is 13.0. The number of carbonyl (C=O) groups excluding carboxylic acids is 2. The van der Waals surface area contributed by atoms with Crippen LogP contribution in [0, 0.1) is 0 Å². The molecule has 2 atom stereocenters. The summed E-state index contributed by atoms with van der Waals surface area (Å²) in [5, 5.41) is 11.8. The molecule has 1 aromatic rings. The zero-order valence-corrected chi connectivity index (χ0v) is 14.7. The number of hydrogen-bond acceptors (Lipinski definition) is 5. The fraction of sp³-hybridized carbons (Fsp3) is 0.500. The molecule has 0 unspecified atom stereocenters. The molecule has 0 aromatic heterocycles. The number of carboxylic acids is 1. The van der Waals surface area contributed by atoms with Gasteiger partial charge in [0.05, 0.1) is 6.61 Å². The molecule has 0 saturated carbocycles. The molecule has 1 aromatic carbocycles. The van der Waals surface area contributed by atoms with E-state index in [9.17, 15) is 19.5 Å². The second kappa shape index (κ2) is 7.43. The van der Waals surface area contributed by atoms with Crippen LogP contribution in [0.2, 0.25) is 0 Å². The molecule has 8 heteroatoms. The number of aliphatic carboxylic acids is 1. The van der Waals surface area contributed by atoms with Crippen LogP contribution in [0.15, 0.2) is 30.3 Å². The Balaban J connectivity index is 1.74. The van der Waals surface area contributed by atoms with E-state index in [1.807, 2.05) is 37.4 Å². The average molecular weight is 361 g/mol. The highest BCUT2D eigenvalue weighted by Crippen LogP contribution is 2.27. The summed E-state index contributed by atoms with van der Waals surface area (Å²) in [6, 6.07) is 8.51. The molecule has 2 amide bonds. The smallest absolute Gasteiger partial charge is 0.348 e. The number of piperazine rings is 1. The van der Waals surface area contributed by atoms with Crippen molar-refractivity contribution in [2.75, 3.05) is 39.8 Å². The van der Waals surface area contributed by atoms with Crippen LogP contribution in [0.1, 0.15) is 5.56 Å². The van der Waals surface area contributed by atoms with E-state index in [-0.39, 0.29) is 12.5 Å². The third kappa shape index (κ3) is 3.86. The second-order valence-corrected chi connectivity index (χ2v) is 6.77. The molecule has 2 saturated heterocycles. The molecule has 0 radical (unpaired) electrons. The maximum Gasteiger partial charge on any atom is 0.348 e. The van der Waals surface area contributed by atoms with Crippen LogP contribution in [-0.2, 0) is 25.5 Å². The van der Waals surface area contributed by atoms with Gasteiger partial charge in [-0.1, -0.05) is 30.3 Å². The first-order valence-electron chi connectivity index (χ1n) is 8.62. The molecular formula is C18H23N3O5. The number of carbonyl (C=O) groups is 3. The van der Waals surface area contributed by atoms with Crippen molar-refractivity contribution in [3.05, 3.63) is 35.9 Å². The molecule has 3 rings (SSSR count). The predicted octanol–water partition coefficient (Wildman–Crippen LogP) is -0.658. The fourth-order valence-corrected chi connectivity index (χ4v) is 3.00. The van der Waals surface area contributed by atoms with Gasteiger partial charge in [-0.15, -0.1) is 0 Å². The highest BCUT2D eigenvalue weighted by molar-refractivity contribution is 6.09. The number of likely N-dealkylation sites (N-methyl/N-ethyl adjacent to an activating group) is 1. The molecular weight excluding hydrogens is 338 g/mol. The van der Waals surface area contributed by atoms with Crippen molar-refractivity contribution >= 4 is 17.8 Å². The van der Waals surface area contributed by atoms with Crippen molar-refractivity contribution in [1.82, 2.24) is 15.1 Å². The molecule has 0 aliphatic carbocycles. The van der Waals surface area contributed by atoms with E-state index in [0.29, 0.717) is 19.5 Å². The Morgan fingerprint density at radius 1 is 1.19 bits per heavy atom. The summed E-state index contributed by atoms with van der Waals surface area (Å²) in [7, 11) is 1.99. The molecule has 0 spiro atoms. The van der Waals surface area contributed by atoms with E-state index in [1.54, 1.807) is 4.90 Å². The normalized spacial score (nSPS) is 24.0. The van der Waals surface area contributed by atoms with E-state index in [4.69, 9.17) is 4.74 Å². The van der Waals surface area contributed by atoms with Crippen LogP contribution >= 0.6 is 0 Å². The number of rotatable bonds is 6. The molecule has 2 heterocycles. The van der Waals surface area contributed by atoms with Gasteiger partial charge in [-0.25, -0.2) is 4.79 Å². The number of ether oxygens (including phenoxy) is 1. The average Bonchev–Trinajstić information content (AvgIpc) is 3.44. The molecule has 140 valence electrons. The lowest BCUT2D eigenvalue weighted by atomic mass is 10.0. The summed E-state index contributed by atoms with van der Waals surface area (Å²) >= 11 is 0. The van der Waals surface area contributed by atoms with Crippen molar-refractivity contribution in [2.45, 2.75) is 18.1 Å². The highest BCUT2D eigenvalue weighted by Gasteiger charge is 2.60. The van der Waals surface area contributed by atoms with Gasteiger partial charge in [-0.05, 0) is 12.6 Å². The minimum absolute atomic E-state index is 0.172. The quantitative estimate of drug-likeness (QED) is 0.515. The second-order valence-electron chi connectivity index (χ2n) is 6.77. The minimum Gasteiger partial charge on any atom is -0.479 e. The Bertz CT molecular complexity index is 681. The molecule has 8 nitrogen and oxygen atoms in total. The van der Waals surface area contributed by atoms with Gasteiger partial charge in [0.25, 0.3) is 11.5 Å². The maximum absolute atomic E-state index is 13.0. The Labute approximate surface area is 151 Å². The van der Waals surface area contributed by atoms with Gasteiger partial charge in [0.2, 0.25) is 5.91 Å². The molecule has 2 N–H and O–H groups in total. The molecule has 2 aliphatic heterocycles. The lowest BCUT2D eigenvalue weighted by Crippen LogP contribution is -2.57. The number of nitrogens with zero attached hydrogens (tertiary/aromatic N) is 2. The molecule has 2 fully saturated rings. The monoisotopic (exact) mass is 361 g/mol. The Morgan fingerprint density at radius 2 is 1.81 bits per heavy atom. The number of nitrogens with one attached hydrogen (secondary N) is 1. The predicted molar refractivity (Wildman–Crippen MR) is 92.5 cm³/mol. The Morgan fingerprint density at radius 3 is 2.35 bits per heavy atom. The van der Waals surface area contributed by atoms with Crippen molar-refractivity contribution in [3.8, 4) is 0 Å². The standard InChI is InChI=1S/C18H23N3O5/c1-20-7-9-21(10-8-20)15(22)14(11-13-5-3-2-4-6-13)19-16(23)18(12-26-18)17(24)25/h2-6,14H,7-12H2,1H3,(H,19,23)(H,24,25)/t14-,18-/m0/s1. The summed E-state index contributed by atoms with van der Waals surface area (Å²) in [4.78, 5) is 40.5. The minimum atomic E-state index is -1.85. The number of amides is 2. The van der Waals surface area contributed by atoms with Crippen LogP contribution in [0.3, 0.4) is 0 Å². The van der Waals surface area contributed by atoms with Crippen LogP contribution in [0.4, 0.5) is 0 Å². The topological polar surface area (TPSA) is 102 Å². The summed E-state index contributed by atoms with van der Waals surface area (Å²) in [5.74, 6) is -2.30. The van der Waals surface area contributed by atoms with Gasteiger partial charge < -0.3 is 25.0 Å². The van der Waals surface area contributed by atoms with Crippen molar-refractivity contribution in [1.29, 1.82) is 0 Å². The zero-order chi connectivity index (χ0) is 18.7. The summed E-state index contributed by atoms with van der Waals surface area (Å²) < 4.78 is 4.87. The van der Waals surface area contributed by atoms with Gasteiger partial charge in [0.1, 0.15) is 6.04 Å². The van der Waals surface area contributed by atoms with Gasteiger partial charge in [-0.3, -0.25) is 9.59 Å². The van der Waals surface area contributed by atoms with E-state index in [1.165, 1.54) is 0 Å². The van der Waals surface area contributed by atoms with Gasteiger partial charge >= 0.3 is 5.97 Å². The lowest BCUT2D eigenvalue weighted by molar-refractivity contribution is -0.150. The van der Waals surface area contributed by atoms with Crippen LogP contribution in [-0.4, -0.2) is 84.2 Å². The molecule has 2 aliphatic rings. The first kappa shape index (κ1) is 18.3. The number of carboxylic acid groups (broad SMARTS) is 1. The van der Waals surface area contributed by atoms with Crippen LogP contribution in [0.25, 0.3) is 0 Å². The van der Waals surface area contributed by atoms with Gasteiger partial charge in [0, 0.05) is 32.6 Å². The first-order valence-corrected chi connectivity index (χ1v) is 8.62. The van der Waals surface area contributed by atoms with Crippen molar-refractivity contribution < 1.29 is 24.2 Å². The third-order valence-corrected chi connectivity index (χ3v) is 4.85. The van der Waals surface area contributed by atoms with E-state index in [2.05, 4.69) is 10.2 Å². The summed E-state index contributed by atoms with van der Waals surface area (Å²) in [6.07, 6.45) is 0.299. The van der Waals surface area contributed by atoms with Crippen LogP contribution in [0.5, 0.6) is 0 Å². The largest absolute Gasteiger partial charge is 0.479 e. The Kier molecular flexibility index (Phi) is 5.24. The lowest BCUT2D eigenvalue weighted by Gasteiger charge is -2.35. The van der Waals surface area contributed by atoms with Crippen molar-refractivity contribution in [2.24, 2.45) is 0 Å². The van der Waals surface area contributed by atoms with E-state index < -0.39 is 23.5 Å². The van der Waals surface area contributed by atoms with Gasteiger partial charge in [-0.2, -0.15) is 0 Å². The van der Waals surface area contributed by atoms with E-state index in [0.717, 1.165) is 18.7 Å². The summed E-state index contributed by atoms with van der Waals surface area (Å²) in [6.45, 7) is 2.52. The molecule has 26 heavy (non-hydrogen) atoms. The first-order chi connectivity index (χ1) is 12.4. The Hall–Kier alpha value is -2.45. The van der Waals surface area contributed by atoms with Gasteiger partial charge in [0.15, 0.2) is 0 Å². The zero-order valence-electron chi connectivity index (χ0n) is 14.7. The molecule has 0 bridgehead atoms. The number of epoxide rings is 1. The third-order valence-electron chi connectivity index (χ3n) is 4.85. The fourth-order valence-electron chi connectivity index (χ4n) is 3.00. The highest BCUT2D eigenvalue weighted by atomic mass is 16.6. The summed E-state index contributed by atoms with van der Waals surface area (Å²) in [5.41, 5.74) is -0.960. The SMILES string of the molecule is CN1CCN(C(=O)[C@H](Cc2ccccc2)NC(=O)[C@]2(C(=O)O)CO2)CC1.